The highest BCUT2D eigenvalue weighted by Gasteiger charge is 2.16. The van der Waals surface area contributed by atoms with Gasteiger partial charge in [0.2, 0.25) is 0 Å². The fourth-order valence-electron chi connectivity index (χ4n) is 3.30. The van der Waals surface area contributed by atoms with Crippen molar-refractivity contribution < 1.29 is 14.3 Å². The van der Waals surface area contributed by atoms with E-state index in [9.17, 15) is 9.59 Å². The third-order valence-corrected chi connectivity index (χ3v) is 5.02. The molecule has 5 nitrogen and oxygen atoms in total. The van der Waals surface area contributed by atoms with Crippen molar-refractivity contribution in [3.63, 3.8) is 0 Å². The molecule has 31 heavy (non-hydrogen) atoms. The molecule has 0 aliphatic heterocycles. The van der Waals surface area contributed by atoms with Gasteiger partial charge in [-0.25, -0.2) is 9.78 Å². The van der Waals surface area contributed by atoms with Gasteiger partial charge in [0, 0.05) is 0 Å². The number of nitrogens with zero attached hydrogens (tertiary/aromatic N) is 1. The summed E-state index contributed by atoms with van der Waals surface area (Å²) < 4.78 is 5.31. The van der Waals surface area contributed by atoms with E-state index in [4.69, 9.17) is 4.74 Å². The number of hydrogen-bond donors (Lipinski definition) is 1. The van der Waals surface area contributed by atoms with Crippen LogP contribution in [0.25, 0.3) is 10.8 Å². The van der Waals surface area contributed by atoms with Crippen molar-refractivity contribution >= 4 is 22.6 Å². The lowest BCUT2D eigenvalue weighted by Crippen LogP contribution is -2.28. The van der Waals surface area contributed by atoms with Crippen LogP contribution >= 0.6 is 0 Å². The van der Waals surface area contributed by atoms with E-state index < -0.39 is 5.97 Å². The molecule has 4 rings (SSSR count). The first-order chi connectivity index (χ1) is 15.1. The molecule has 1 amide bonds. The van der Waals surface area contributed by atoms with Gasteiger partial charge in [0.1, 0.15) is 18.0 Å². The van der Waals surface area contributed by atoms with Gasteiger partial charge in [-0.3, -0.25) is 4.79 Å². The van der Waals surface area contributed by atoms with E-state index in [1.807, 2.05) is 67.6 Å². The Morgan fingerprint density at radius 2 is 1.55 bits per heavy atom. The first kappa shape index (κ1) is 20.3. The monoisotopic (exact) mass is 410 g/mol. The van der Waals surface area contributed by atoms with Gasteiger partial charge < -0.3 is 10.1 Å². The molecule has 0 radical (unpaired) electrons. The Labute approximate surface area is 180 Å². The summed E-state index contributed by atoms with van der Waals surface area (Å²) in [6.45, 7) is 2.07. The highest BCUT2D eigenvalue weighted by molar-refractivity contribution is 5.95. The maximum absolute atomic E-state index is 12.7. The highest BCUT2D eigenvalue weighted by Crippen LogP contribution is 2.20. The molecule has 1 atom stereocenters. The van der Waals surface area contributed by atoms with E-state index in [0.717, 1.165) is 21.9 Å². The minimum Gasteiger partial charge on any atom is -0.456 e. The first-order valence-electron chi connectivity index (χ1n) is 10.1. The average molecular weight is 410 g/mol. The normalized spacial score (nSPS) is 11.6. The summed E-state index contributed by atoms with van der Waals surface area (Å²) in [7, 11) is 0. The fourth-order valence-corrected chi connectivity index (χ4v) is 3.30. The van der Waals surface area contributed by atoms with Gasteiger partial charge in [-0.1, -0.05) is 72.8 Å². The topological polar surface area (TPSA) is 68.3 Å². The lowest BCUT2D eigenvalue weighted by molar-refractivity contribution is 0.0465. The predicted octanol–water partition coefficient (Wildman–Crippen LogP) is 5.08. The Balaban J connectivity index is 1.42. The molecule has 0 aliphatic rings. The quantitative estimate of drug-likeness (QED) is 0.450. The van der Waals surface area contributed by atoms with Crippen molar-refractivity contribution in [1.29, 1.82) is 0 Å². The van der Waals surface area contributed by atoms with Crippen LogP contribution in [-0.4, -0.2) is 16.9 Å². The molecule has 1 heterocycles. The third kappa shape index (κ3) is 4.95. The zero-order valence-electron chi connectivity index (χ0n) is 17.1. The predicted molar refractivity (Wildman–Crippen MR) is 120 cm³/mol. The van der Waals surface area contributed by atoms with E-state index in [1.54, 1.807) is 12.1 Å². The largest absolute Gasteiger partial charge is 0.456 e. The van der Waals surface area contributed by atoms with Crippen molar-refractivity contribution in [2.24, 2.45) is 0 Å². The minimum atomic E-state index is -0.568. The third-order valence-electron chi connectivity index (χ3n) is 5.02. The van der Waals surface area contributed by atoms with E-state index in [0.29, 0.717) is 0 Å². The van der Waals surface area contributed by atoms with Crippen molar-refractivity contribution in [3.05, 3.63) is 114 Å². The van der Waals surface area contributed by atoms with Gasteiger partial charge in [-0.15, -0.1) is 0 Å². The van der Waals surface area contributed by atoms with Crippen LogP contribution in [0.15, 0.2) is 91.0 Å². The van der Waals surface area contributed by atoms with Crippen LogP contribution in [0.5, 0.6) is 0 Å². The summed E-state index contributed by atoms with van der Waals surface area (Å²) in [5.74, 6) is -0.917. The van der Waals surface area contributed by atoms with Crippen LogP contribution in [0.4, 0.5) is 0 Å². The number of hydrogen-bond acceptors (Lipinski definition) is 4. The molecule has 0 aliphatic carbocycles. The van der Waals surface area contributed by atoms with Crippen LogP contribution in [0.1, 0.15) is 45.1 Å². The summed E-state index contributed by atoms with van der Waals surface area (Å²) in [4.78, 5) is 29.3. The minimum absolute atomic E-state index is 0.0990. The second-order valence-corrected chi connectivity index (χ2v) is 7.27. The summed E-state index contributed by atoms with van der Waals surface area (Å²) in [6, 6.07) is 28.1. The SMILES string of the molecule is C[C@H](NC(=O)c1cccc(C(=O)OCc2ccccc2)n1)c1ccc2ccccc2c1. The number of carbonyl (C=O) groups is 2. The smallest absolute Gasteiger partial charge is 0.357 e. The van der Waals surface area contributed by atoms with Crippen LogP contribution in [0, 0.1) is 0 Å². The molecule has 0 bridgehead atoms. The number of nitrogens with one attached hydrogen (secondary N) is 1. The Bertz CT molecular complexity index is 1220. The van der Waals surface area contributed by atoms with Gasteiger partial charge in [-0.2, -0.15) is 0 Å². The Morgan fingerprint density at radius 3 is 2.35 bits per heavy atom. The Kier molecular flexibility index (Phi) is 6.03. The zero-order chi connectivity index (χ0) is 21.6. The number of fused-ring (bicyclic) bond motifs is 1. The second-order valence-electron chi connectivity index (χ2n) is 7.27. The molecule has 4 aromatic rings. The molecular formula is C26H22N2O3. The summed E-state index contributed by atoms with van der Waals surface area (Å²) in [6.07, 6.45) is 0. The summed E-state index contributed by atoms with van der Waals surface area (Å²) in [5, 5.41) is 5.21. The number of ether oxygens (including phenoxy) is 1. The summed E-state index contributed by atoms with van der Waals surface area (Å²) >= 11 is 0. The first-order valence-corrected chi connectivity index (χ1v) is 10.1. The Hall–Kier alpha value is -3.99. The van der Waals surface area contributed by atoms with Gasteiger partial charge >= 0.3 is 5.97 Å². The standard InChI is InChI=1S/C26H22N2O3/c1-18(21-15-14-20-10-5-6-11-22(20)16-21)27-25(29)23-12-7-13-24(28-23)26(30)31-17-19-8-3-2-4-9-19/h2-16,18H,17H2,1H3,(H,27,29)/t18-/m0/s1. The summed E-state index contributed by atoms with van der Waals surface area (Å²) in [5.41, 5.74) is 2.14. The molecule has 0 unspecified atom stereocenters. The highest BCUT2D eigenvalue weighted by atomic mass is 16.5. The van der Waals surface area contributed by atoms with Gasteiger partial charge in [0.15, 0.2) is 0 Å². The molecule has 0 spiro atoms. The number of esters is 1. The van der Waals surface area contributed by atoms with E-state index in [1.165, 1.54) is 6.07 Å². The number of carbonyl (C=O) groups excluding carboxylic acids is 2. The van der Waals surface area contributed by atoms with Gasteiger partial charge in [-0.05, 0) is 47.0 Å². The maximum Gasteiger partial charge on any atom is 0.357 e. The number of amides is 1. The molecule has 0 fully saturated rings. The molecule has 0 saturated carbocycles. The lowest BCUT2D eigenvalue weighted by Gasteiger charge is -2.15. The molecule has 1 aromatic heterocycles. The van der Waals surface area contributed by atoms with Crippen LogP contribution < -0.4 is 5.32 Å². The second kappa shape index (κ2) is 9.22. The van der Waals surface area contributed by atoms with Crippen molar-refractivity contribution in [2.75, 3.05) is 0 Å². The molecule has 1 N–H and O–H groups in total. The van der Waals surface area contributed by atoms with Crippen LogP contribution in [0.2, 0.25) is 0 Å². The van der Waals surface area contributed by atoms with Crippen LogP contribution in [0.3, 0.4) is 0 Å². The fraction of sp³-hybridized carbons (Fsp3) is 0.115. The van der Waals surface area contributed by atoms with E-state index in [-0.39, 0.29) is 29.9 Å². The number of benzene rings is 3. The maximum atomic E-state index is 12.7. The Morgan fingerprint density at radius 1 is 0.839 bits per heavy atom. The van der Waals surface area contributed by atoms with Gasteiger partial charge in [0.25, 0.3) is 5.91 Å². The molecule has 154 valence electrons. The van der Waals surface area contributed by atoms with Crippen molar-refractivity contribution in [3.8, 4) is 0 Å². The zero-order valence-corrected chi connectivity index (χ0v) is 17.1. The van der Waals surface area contributed by atoms with Gasteiger partial charge in [0.05, 0.1) is 6.04 Å². The molecule has 3 aromatic carbocycles. The van der Waals surface area contributed by atoms with E-state index >= 15 is 0 Å². The van der Waals surface area contributed by atoms with Crippen LogP contribution in [-0.2, 0) is 11.3 Å². The lowest BCUT2D eigenvalue weighted by atomic mass is 10.0. The average Bonchev–Trinajstić information content (AvgIpc) is 2.83. The molecule has 0 saturated heterocycles. The molecule has 5 heteroatoms. The molecular weight excluding hydrogens is 388 g/mol. The number of aromatic nitrogens is 1. The number of pyridine rings is 1. The van der Waals surface area contributed by atoms with E-state index in [2.05, 4.69) is 22.4 Å². The van der Waals surface area contributed by atoms with Crippen molar-refractivity contribution in [2.45, 2.75) is 19.6 Å². The number of rotatable bonds is 6. The van der Waals surface area contributed by atoms with Crippen molar-refractivity contribution in [1.82, 2.24) is 10.3 Å².